The molecule has 2 nitrogen and oxygen atoms in total. The maximum atomic E-state index is 6.56. The fourth-order valence-electron chi connectivity index (χ4n) is 0.808. The highest BCUT2D eigenvalue weighted by Crippen LogP contribution is 2.19. The summed E-state index contributed by atoms with van der Waals surface area (Å²) >= 11 is 3.32. The summed E-state index contributed by atoms with van der Waals surface area (Å²) in [6.07, 6.45) is 3.07. The molecule has 0 aliphatic carbocycles. The van der Waals surface area contributed by atoms with E-state index in [1.165, 1.54) is 6.20 Å². The third-order valence-electron chi connectivity index (χ3n) is 1.38. The molecule has 1 aromatic carbocycles. The van der Waals surface area contributed by atoms with Crippen molar-refractivity contribution in [3.05, 3.63) is 45.9 Å². The highest BCUT2D eigenvalue weighted by atomic mass is 79.9. The minimum atomic E-state index is 0.679. The first-order valence-electron chi connectivity index (χ1n) is 3.32. The van der Waals surface area contributed by atoms with Crippen molar-refractivity contribution in [1.82, 2.24) is 0 Å². The summed E-state index contributed by atoms with van der Waals surface area (Å²) in [6, 6.07) is 5.54. The van der Waals surface area contributed by atoms with Crippen molar-refractivity contribution in [2.45, 2.75) is 0 Å². The number of benzene rings is 1. The van der Waals surface area contributed by atoms with Crippen LogP contribution in [-0.2, 0) is 0 Å². The molecule has 0 unspecified atom stereocenters. The Morgan fingerprint density at radius 1 is 1.50 bits per heavy atom. The van der Waals surface area contributed by atoms with E-state index in [1.807, 2.05) is 12.1 Å². The summed E-state index contributed by atoms with van der Waals surface area (Å²) in [7, 11) is 0. The largest absolute Gasteiger partial charge is 0.398 e. The van der Waals surface area contributed by atoms with Crippen LogP contribution in [0.2, 0.25) is 0 Å². The smallest absolute Gasteiger partial charge is 0.154 e. The summed E-state index contributed by atoms with van der Waals surface area (Å²) in [6.45, 7) is 6.56. The lowest BCUT2D eigenvalue weighted by Gasteiger charge is -1.99. The van der Waals surface area contributed by atoms with Crippen molar-refractivity contribution in [3.8, 4) is 0 Å². The number of nitrogens with zero attached hydrogens (tertiary/aromatic N) is 1. The van der Waals surface area contributed by atoms with Crippen molar-refractivity contribution in [3.63, 3.8) is 0 Å². The first kappa shape index (κ1) is 8.82. The van der Waals surface area contributed by atoms with Crippen LogP contribution in [0, 0.1) is 6.57 Å². The molecule has 1 rings (SSSR count). The Bertz CT molecular complexity index is 350. The molecular formula is C9H7BrN2. The molecule has 0 aliphatic rings. The predicted octanol–water partition coefficient (Wildman–Crippen LogP) is 2.92. The second-order valence-corrected chi connectivity index (χ2v) is 3.13. The van der Waals surface area contributed by atoms with E-state index < -0.39 is 0 Å². The van der Waals surface area contributed by atoms with Gasteiger partial charge in [-0.15, -0.1) is 0 Å². The standard InChI is InChI=1S/C9H7BrN2/c1-12-5-4-7-6-8(10)2-3-9(7)11/h2-6H,11H2/b5-4+. The van der Waals surface area contributed by atoms with Crippen LogP contribution in [0.3, 0.4) is 0 Å². The molecule has 0 fully saturated rings. The maximum Gasteiger partial charge on any atom is 0.154 e. The minimum Gasteiger partial charge on any atom is -0.398 e. The van der Waals surface area contributed by atoms with Crippen LogP contribution in [0.15, 0.2) is 28.9 Å². The molecule has 0 heterocycles. The molecule has 60 valence electrons. The molecule has 0 saturated carbocycles. The van der Waals surface area contributed by atoms with E-state index in [0.717, 1.165) is 10.0 Å². The van der Waals surface area contributed by atoms with E-state index in [-0.39, 0.29) is 0 Å². The Morgan fingerprint density at radius 2 is 2.25 bits per heavy atom. The lowest BCUT2D eigenvalue weighted by Crippen LogP contribution is -1.87. The summed E-state index contributed by atoms with van der Waals surface area (Å²) < 4.78 is 0.960. The molecule has 0 spiro atoms. The first-order chi connectivity index (χ1) is 5.74. The lowest BCUT2D eigenvalue weighted by atomic mass is 10.2. The van der Waals surface area contributed by atoms with Crippen molar-refractivity contribution < 1.29 is 0 Å². The van der Waals surface area contributed by atoms with Gasteiger partial charge in [0.05, 0.1) is 6.57 Å². The molecule has 3 heteroatoms. The lowest BCUT2D eigenvalue weighted by molar-refractivity contribution is 1.60. The van der Waals surface area contributed by atoms with Gasteiger partial charge in [-0.1, -0.05) is 22.0 Å². The number of nitrogen functional groups attached to an aromatic ring is 1. The van der Waals surface area contributed by atoms with Crippen LogP contribution in [0.5, 0.6) is 0 Å². The van der Waals surface area contributed by atoms with Gasteiger partial charge in [0.2, 0.25) is 0 Å². The van der Waals surface area contributed by atoms with Gasteiger partial charge in [-0.25, -0.2) is 4.85 Å². The van der Waals surface area contributed by atoms with E-state index in [2.05, 4.69) is 20.8 Å². The first-order valence-corrected chi connectivity index (χ1v) is 4.11. The zero-order chi connectivity index (χ0) is 8.97. The third-order valence-corrected chi connectivity index (χ3v) is 1.87. The number of hydrogen-bond acceptors (Lipinski definition) is 1. The second-order valence-electron chi connectivity index (χ2n) is 2.22. The van der Waals surface area contributed by atoms with Gasteiger partial charge in [-0.2, -0.15) is 0 Å². The fraction of sp³-hybridized carbons (Fsp3) is 0. The van der Waals surface area contributed by atoms with Gasteiger partial charge in [0, 0.05) is 10.2 Å². The monoisotopic (exact) mass is 222 g/mol. The van der Waals surface area contributed by atoms with E-state index >= 15 is 0 Å². The van der Waals surface area contributed by atoms with E-state index in [1.54, 1.807) is 12.1 Å². The van der Waals surface area contributed by atoms with E-state index in [0.29, 0.717) is 5.69 Å². The molecule has 0 radical (unpaired) electrons. The quantitative estimate of drug-likeness (QED) is 0.575. The van der Waals surface area contributed by atoms with Gasteiger partial charge in [0.15, 0.2) is 6.20 Å². The second kappa shape index (κ2) is 3.93. The molecule has 1 aromatic rings. The van der Waals surface area contributed by atoms with Crippen molar-refractivity contribution >= 4 is 27.7 Å². The molecular weight excluding hydrogens is 216 g/mol. The van der Waals surface area contributed by atoms with Crippen molar-refractivity contribution in [1.29, 1.82) is 0 Å². The Labute approximate surface area is 79.6 Å². The molecule has 12 heavy (non-hydrogen) atoms. The number of rotatable bonds is 1. The Balaban J connectivity index is 3.07. The average Bonchev–Trinajstić information content (AvgIpc) is 2.07. The molecule has 0 bridgehead atoms. The number of nitrogens with two attached hydrogens (primary N) is 1. The van der Waals surface area contributed by atoms with E-state index in [4.69, 9.17) is 12.3 Å². The Kier molecular flexibility index (Phi) is 2.89. The van der Waals surface area contributed by atoms with Gasteiger partial charge in [-0.3, -0.25) is 0 Å². The normalized spacial score (nSPS) is 10.0. The molecule has 0 saturated heterocycles. The zero-order valence-electron chi connectivity index (χ0n) is 6.29. The minimum absolute atomic E-state index is 0.679. The maximum absolute atomic E-state index is 6.56. The highest BCUT2D eigenvalue weighted by molar-refractivity contribution is 9.10. The zero-order valence-corrected chi connectivity index (χ0v) is 7.88. The van der Waals surface area contributed by atoms with E-state index in [9.17, 15) is 0 Å². The van der Waals surface area contributed by atoms with Crippen LogP contribution in [0.4, 0.5) is 5.69 Å². The molecule has 0 aliphatic heterocycles. The summed E-state index contributed by atoms with van der Waals surface area (Å²) in [5.74, 6) is 0. The van der Waals surface area contributed by atoms with Gasteiger partial charge in [0.1, 0.15) is 0 Å². The Morgan fingerprint density at radius 3 is 2.92 bits per heavy atom. The van der Waals surface area contributed by atoms with Crippen LogP contribution in [0.1, 0.15) is 5.56 Å². The van der Waals surface area contributed by atoms with Crippen molar-refractivity contribution in [2.75, 3.05) is 5.73 Å². The average molecular weight is 223 g/mol. The van der Waals surface area contributed by atoms with Gasteiger partial charge in [0.25, 0.3) is 0 Å². The van der Waals surface area contributed by atoms with Crippen LogP contribution in [0.25, 0.3) is 10.9 Å². The molecule has 0 amide bonds. The highest BCUT2D eigenvalue weighted by Gasteiger charge is 1.94. The summed E-state index contributed by atoms with van der Waals surface area (Å²) in [5, 5.41) is 0. The SMILES string of the molecule is [C-]#[N+]/C=C/c1cc(Br)ccc1N. The number of hydrogen-bond donors (Lipinski definition) is 1. The van der Waals surface area contributed by atoms with Crippen LogP contribution >= 0.6 is 15.9 Å². The van der Waals surface area contributed by atoms with Gasteiger partial charge in [-0.05, 0) is 23.8 Å². The van der Waals surface area contributed by atoms with Gasteiger partial charge < -0.3 is 5.73 Å². The molecule has 0 aromatic heterocycles. The number of anilines is 1. The Hall–Kier alpha value is -1.27. The third kappa shape index (κ3) is 2.11. The number of halogens is 1. The predicted molar refractivity (Wildman–Crippen MR) is 54.2 cm³/mol. The van der Waals surface area contributed by atoms with Crippen LogP contribution < -0.4 is 5.73 Å². The molecule has 2 N–H and O–H groups in total. The van der Waals surface area contributed by atoms with Gasteiger partial charge >= 0.3 is 0 Å². The van der Waals surface area contributed by atoms with Crippen molar-refractivity contribution in [2.24, 2.45) is 0 Å². The molecule has 0 atom stereocenters. The summed E-state index contributed by atoms with van der Waals surface area (Å²) in [5.41, 5.74) is 7.20. The topological polar surface area (TPSA) is 30.4 Å². The van der Waals surface area contributed by atoms with Crippen LogP contribution in [-0.4, -0.2) is 0 Å². The fourth-order valence-corrected chi connectivity index (χ4v) is 1.19. The summed E-state index contributed by atoms with van der Waals surface area (Å²) in [4.78, 5) is 3.10.